The van der Waals surface area contributed by atoms with Crippen molar-refractivity contribution in [2.45, 2.75) is 6.92 Å². The number of nitrogens with two attached hydrogens (primary N) is 1. The van der Waals surface area contributed by atoms with E-state index in [0.717, 1.165) is 5.57 Å². The molecule has 0 saturated carbocycles. The quantitative estimate of drug-likeness (QED) is 0.680. The standard InChI is InChI=1S/C12H13NO2/c1-7-9-5-3-2-4-8(9)6-10(11(7)13)12(14)15/h2-7,9H,13H2,1H3,(H,14,15)/t7-,9-/m0/s1. The van der Waals surface area contributed by atoms with Crippen molar-refractivity contribution in [2.24, 2.45) is 17.6 Å². The van der Waals surface area contributed by atoms with Gasteiger partial charge in [-0.3, -0.25) is 0 Å². The van der Waals surface area contributed by atoms with Gasteiger partial charge in [0, 0.05) is 17.5 Å². The monoisotopic (exact) mass is 203 g/mol. The van der Waals surface area contributed by atoms with Gasteiger partial charge in [-0.1, -0.05) is 31.2 Å². The molecule has 0 amide bonds. The number of carboxylic acids is 1. The van der Waals surface area contributed by atoms with Gasteiger partial charge in [-0.05, 0) is 11.6 Å². The predicted molar refractivity (Wildman–Crippen MR) is 57.9 cm³/mol. The Morgan fingerprint density at radius 1 is 1.47 bits per heavy atom. The Bertz CT molecular complexity index is 427. The van der Waals surface area contributed by atoms with E-state index in [4.69, 9.17) is 10.8 Å². The summed E-state index contributed by atoms with van der Waals surface area (Å²) in [6.45, 7) is 1.96. The summed E-state index contributed by atoms with van der Waals surface area (Å²) in [6, 6.07) is 0. The molecule has 0 aromatic rings. The van der Waals surface area contributed by atoms with Crippen molar-refractivity contribution in [1.82, 2.24) is 0 Å². The molecule has 0 heterocycles. The van der Waals surface area contributed by atoms with Crippen LogP contribution in [-0.2, 0) is 4.79 Å². The van der Waals surface area contributed by atoms with E-state index >= 15 is 0 Å². The number of carbonyl (C=O) groups is 1. The van der Waals surface area contributed by atoms with E-state index in [9.17, 15) is 4.79 Å². The van der Waals surface area contributed by atoms with Crippen molar-refractivity contribution in [3.63, 3.8) is 0 Å². The average Bonchev–Trinajstić information content (AvgIpc) is 2.23. The third-order valence-corrected chi connectivity index (χ3v) is 2.98. The second-order valence-corrected chi connectivity index (χ2v) is 3.88. The van der Waals surface area contributed by atoms with Gasteiger partial charge in [0.15, 0.2) is 0 Å². The summed E-state index contributed by atoms with van der Waals surface area (Å²) in [4.78, 5) is 11.0. The molecule has 2 aliphatic carbocycles. The van der Waals surface area contributed by atoms with Crippen molar-refractivity contribution in [1.29, 1.82) is 0 Å². The molecular formula is C12H13NO2. The van der Waals surface area contributed by atoms with Crippen LogP contribution in [0.4, 0.5) is 0 Å². The highest BCUT2D eigenvalue weighted by Gasteiger charge is 2.29. The fourth-order valence-corrected chi connectivity index (χ4v) is 2.05. The fourth-order valence-electron chi connectivity index (χ4n) is 2.05. The Hall–Kier alpha value is -1.77. The minimum absolute atomic E-state index is 0.0531. The number of aliphatic carboxylic acids is 1. The first kappa shape index (κ1) is 9.77. The molecule has 0 spiro atoms. The zero-order valence-electron chi connectivity index (χ0n) is 8.47. The van der Waals surface area contributed by atoms with E-state index in [1.807, 2.05) is 25.2 Å². The molecule has 0 aromatic carbocycles. The fraction of sp³-hybridized carbons (Fsp3) is 0.250. The summed E-state index contributed by atoms with van der Waals surface area (Å²) in [7, 11) is 0. The molecule has 0 bridgehead atoms. The van der Waals surface area contributed by atoms with Crippen molar-refractivity contribution in [2.75, 3.05) is 0 Å². The lowest BCUT2D eigenvalue weighted by molar-refractivity contribution is -0.132. The topological polar surface area (TPSA) is 63.3 Å². The number of rotatable bonds is 1. The summed E-state index contributed by atoms with van der Waals surface area (Å²) in [5.74, 6) is -0.677. The van der Waals surface area contributed by atoms with Crippen molar-refractivity contribution < 1.29 is 9.90 Å². The maximum atomic E-state index is 11.0. The number of carboxylic acid groups (broad SMARTS) is 1. The first-order valence-electron chi connectivity index (χ1n) is 4.90. The molecule has 0 saturated heterocycles. The third-order valence-electron chi connectivity index (χ3n) is 2.98. The zero-order chi connectivity index (χ0) is 11.0. The van der Waals surface area contributed by atoms with Crippen molar-refractivity contribution in [3.8, 4) is 0 Å². The van der Waals surface area contributed by atoms with Crippen LogP contribution < -0.4 is 5.73 Å². The minimum Gasteiger partial charge on any atom is -0.478 e. The average molecular weight is 203 g/mol. The maximum Gasteiger partial charge on any atom is 0.337 e. The van der Waals surface area contributed by atoms with Crippen LogP contribution in [0, 0.1) is 11.8 Å². The van der Waals surface area contributed by atoms with Crippen LogP contribution in [0.3, 0.4) is 0 Å². The van der Waals surface area contributed by atoms with E-state index in [0.29, 0.717) is 5.70 Å². The van der Waals surface area contributed by atoms with Gasteiger partial charge in [0.2, 0.25) is 0 Å². The van der Waals surface area contributed by atoms with E-state index in [1.165, 1.54) is 0 Å². The van der Waals surface area contributed by atoms with Gasteiger partial charge >= 0.3 is 5.97 Å². The molecule has 2 rings (SSSR count). The molecule has 0 fully saturated rings. The molecule has 2 aliphatic rings. The summed E-state index contributed by atoms with van der Waals surface area (Å²) < 4.78 is 0. The smallest absolute Gasteiger partial charge is 0.337 e. The van der Waals surface area contributed by atoms with E-state index in [1.54, 1.807) is 6.08 Å². The number of allylic oxidation sites excluding steroid dienone is 6. The normalized spacial score (nSPS) is 28.7. The predicted octanol–water partition coefficient (Wildman–Crippen LogP) is 1.60. The SMILES string of the molecule is C[C@@H]1C(N)=C(C(=O)O)C=C2C=CC=C[C@H]21. The van der Waals surface area contributed by atoms with E-state index in [-0.39, 0.29) is 17.4 Å². The van der Waals surface area contributed by atoms with E-state index in [2.05, 4.69) is 6.08 Å². The van der Waals surface area contributed by atoms with Crippen LogP contribution in [0.5, 0.6) is 0 Å². The molecule has 3 nitrogen and oxygen atoms in total. The highest BCUT2D eigenvalue weighted by atomic mass is 16.4. The molecule has 15 heavy (non-hydrogen) atoms. The molecular weight excluding hydrogens is 190 g/mol. The van der Waals surface area contributed by atoms with Crippen LogP contribution in [0.25, 0.3) is 0 Å². The lowest BCUT2D eigenvalue weighted by atomic mass is 9.77. The molecule has 2 atom stereocenters. The van der Waals surface area contributed by atoms with Crippen molar-refractivity contribution in [3.05, 3.63) is 47.2 Å². The number of hydrogen-bond donors (Lipinski definition) is 2. The Labute approximate surface area is 88.3 Å². The minimum atomic E-state index is -0.951. The molecule has 78 valence electrons. The molecule has 0 aliphatic heterocycles. The van der Waals surface area contributed by atoms with Gasteiger partial charge in [0.05, 0.1) is 5.57 Å². The van der Waals surface area contributed by atoms with Crippen LogP contribution in [0.2, 0.25) is 0 Å². The lowest BCUT2D eigenvalue weighted by Crippen LogP contribution is -2.26. The first-order chi connectivity index (χ1) is 7.11. The molecule has 0 aromatic heterocycles. The van der Waals surface area contributed by atoms with Gasteiger partial charge in [-0.15, -0.1) is 0 Å². The zero-order valence-corrected chi connectivity index (χ0v) is 8.47. The van der Waals surface area contributed by atoms with Gasteiger partial charge < -0.3 is 10.8 Å². The summed E-state index contributed by atoms with van der Waals surface area (Å²) in [5, 5.41) is 8.99. The second kappa shape index (κ2) is 3.42. The van der Waals surface area contributed by atoms with Gasteiger partial charge in [0.25, 0.3) is 0 Å². The maximum absolute atomic E-state index is 11.0. The summed E-state index contributed by atoms with van der Waals surface area (Å²) in [6.07, 6.45) is 9.55. The van der Waals surface area contributed by atoms with Gasteiger partial charge in [-0.25, -0.2) is 4.79 Å². The first-order valence-corrected chi connectivity index (χ1v) is 4.90. The Balaban J connectivity index is 2.49. The third kappa shape index (κ3) is 1.50. The molecule has 3 N–H and O–H groups in total. The van der Waals surface area contributed by atoms with Gasteiger partial charge in [-0.2, -0.15) is 0 Å². The number of hydrogen-bond acceptors (Lipinski definition) is 2. The lowest BCUT2D eigenvalue weighted by Gasteiger charge is -2.29. The van der Waals surface area contributed by atoms with Gasteiger partial charge in [0.1, 0.15) is 0 Å². The summed E-state index contributed by atoms with van der Waals surface area (Å²) in [5.41, 5.74) is 7.55. The Kier molecular flexibility index (Phi) is 2.23. The molecule has 3 heteroatoms. The Morgan fingerprint density at radius 2 is 2.20 bits per heavy atom. The summed E-state index contributed by atoms with van der Waals surface area (Å²) >= 11 is 0. The second-order valence-electron chi connectivity index (χ2n) is 3.88. The number of fused-ring (bicyclic) bond motifs is 1. The van der Waals surface area contributed by atoms with E-state index < -0.39 is 5.97 Å². The highest BCUT2D eigenvalue weighted by molar-refractivity contribution is 5.91. The van der Waals surface area contributed by atoms with Crippen LogP contribution in [0.1, 0.15) is 6.92 Å². The largest absolute Gasteiger partial charge is 0.478 e. The van der Waals surface area contributed by atoms with Crippen molar-refractivity contribution >= 4 is 5.97 Å². The molecule has 0 unspecified atom stereocenters. The highest BCUT2D eigenvalue weighted by Crippen LogP contribution is 2.35. The van der Waals surface area contributed by atoms with Crippen LogP contribution >= 0.6 is 0 Å². The van der Waals surface area contributed by atoms with Crippen LogP contribution in [0.15, 0.2) is 47.2 Å². The molecule has 0 radical (unpaired) electrons. The van der Waals surface area contributed by atoms with Crippen LogP contribution in [-0.4, -0.2) is 11.1 Å². The Morgan fingerprint density at radius 3 is 2.87 bits per heavy atom.